The topological polar surface area (TPSA) is 47.9 Å². The molecule has 160 valence electrons. The Bertz CT molecular complexity index is 875. The number of hydrogen-bond donors (Lipinski definition) is 0. The van der Waals surface area contributed by atoms with E-state index in [-0.39, 0.29) is 6.03 Å². The van der Waals surface area contributed by atoms with E-state index in [4.69, 9.17) is 0 Å². The molecule has 3 heterocycles. The molecule has 30 heavy (non-hydrogen) atoms. The smallest absolute Gasteiger partial charge is 0.344 e. The molecule has 4 rings (SSSR count). The molecule has 1 aromatic heterocycles. The summed E-state index contributed by atoms with van der Waals surface area (Å²) in [6.45, 7) is 12.3. The lowest BCUT2D eigenvalue weighted by Gasteiger charge is -2.34. The van der Waals surface area contributed by atoms with Crippen LogP contribution in [0.4, 0.5) is 16.2 Å². The van der Waals surface area contributed by atoms with Crippen molar-refractivity contribution in [3.05, 3.63) is 54.5 Å². The molecule has 0 unspecified atom stereocenters. The van der Waals surface area contributed by atoms with Crippen LogP contribution in [0.2, 0.25) is 0 Å². The Morgan fingerprint density at radius 3 is 2.37 bits per heavy atom. The number of allylic oxidation sites excluding steroid dienone is 1. The van der Waals surface area contributed by atoms with Crippen molar-refractivity contribution >= 4 is 17.4 Å². The third kappa shape index (κ3) is 4.51. The van der Waals surface area contributed by atoms with Crippen molar-refractivity contribution in [2.24, 2.45) is 0 Å². The summed E-state index contributed by atoms with van der Waals surface area (Å²) in [5.41, 5.74) is 4.44. The first kappa shape index (κ1) is 20.5. The maximum absolute atomic E-state index is 12.8. The molecule has 0 saturated carbocycles. The molecular weight excluding hydrogens is 376 g/mol. The van der Waals surface area contributed by atoms with Crippen molar-refractivity contribution in [3.63, 3.8) is 0 Å². The fourth-order valence-corrected chi connectivity index (χ4v) is 4.10. The van der Waals surface area contributed by atoms with Crippen molar-refractivity contribution in [2.75, 3.05) is 56.1 Å². The van der Waals surface area contributed by atoms with E-state index in [1.54, 1.807) is 12.4 Å². The van der Waals surface area contributed by atoms with Gasteiger partial charge in [0.2, 0.25) is 0 Å². The van der Waals surface area contributed by atoms with Gasteiger partial charge in [0.05, 0.1) is 18.1 Å². The number of amides is 1. The SMILES string of the molecule is C=C(C)N(C)c1cnn(C(=O)N2CCN(Cc3ccc(N4CCCC4)cc3)CC2)c1. The van der Waals surface area contributed by atoms with Crippen LogP contribution in [0.3, 0.4) is 0 Å². The van der Waals surface area contributed by atoms with E-state index in [1.165, 1.54) is 41.9 Å². The lowest BCUT2D eigenvalue weighted by molar-refractivity contribution is 0.134. The summed E-state index contributed by atoms with van der Waals surface area (Å²) >= 11 is 0. The van der Waals surface area contributed by atoms with Crippen molar-refractivity contribution < 1.29 is 4.79 Å². The van der Waals surface area contributed by atoms with Gasteiger partial charge in [-0.2, -0.15) is 9.78 Å². The van der Waals surface area contributed by atoms with E-state index >= 15 is 0 Å². The minimum Gasteiger partial charge on any atom is -0.372 e. The third-order valence-corrected chi connectivity index (χ3v) is 6.18. The van der Waals surface area contributed by atoms with E-state index in [0.717, 1.165) is 44.1 Å². The van der Waals surface area contributed by atoms with Crippen molar-refractivity contribution in [1.29, 1.82) is 0 Å². The van der Waals surface area contributed by atoms with Crippen LogP contribution in [0.15, 0.2) is 48.9 Å². The maximum Gasteiger partial charge on any atom is 0.344 e. The molecule has 1 aromatic carbocycles. The highest BCUT2D eigenvalue weighted by molar-refractivity contribution is 5.77. The fraction of sp³-hybridized carbons (Fsp3) is 0.478. The largest absolute Gasteiger partial charge is 0.372 e. The van der Waals surface area contributed by atoms with E-state index in [2.05, 4.69) is 45.7 Å². The molecule has 2 aliphatic heterocycles. The Hall–Kier alpha value is -2.80. The fourth-order valence-electron chi connectivity index (χ4n) is 4.10. The average molecular weight is 409 g/mol. The van der Waals surface area contributed by atoms with Crippen LogP contribution >= 0.6 is 0 Å². The van der Waals surface area contributed by atoms with Gasteiger partial charge in [-0.1, -0.05) is 18.7 Å². The number of nitrogens with zero attached hydrogens (tertiary/aromatic N) is 6. The molecule has 7 nitrogen and oxygen atoms in total. The Morgan fingerprint density at radius 1 is 1.07 bits per heavy atom. The number of piperazine rings is 1. The van der Waals surface area contributed by atoms with Crippen LogP contribution in [0.25, 0.3) is 0 Å². The molecule has 2 saturated heterocycles. The van der Waals surface area contributed by atoms with Crippen LogP contribution < -0.4 is 9.80 Å². The number of aromatic nitrogens is 2. The zero-order valence-electron chi connectivity index (χ0n) is 18.1. The van der Waals surface area contributed by atoms with E-state index in [1.807, 2.05) is 23.8 Å². The molecule has 0 N–H and O–H groups in total. The summed E-state index contributed by atoms with van der Waals surface area (Å²) in [4.78, 5) is 21.5. The van der Waals surface area contributed by atoms with Crippen LogP contribution in [-0.2, 0) is 6.54 Å². The molecule has 2 aromatic rings. The number of hydrogen-bond acceptors (Lipinski definition) is 5. The first-order valence-electron chi connectivity index (χ1n) is 10.8. The molecule has 0 aliphatic carbocycles. The van der Waals surface area contributed by atoms with Crippen LogP contribution in [0.1, 0.15) is 25.3 Å². The number of carbonyl (C=O) groups is 1. The van der Waals surface area contributed by atoms with Crippen molar-refractivity contribution in [2.45, 2.75) is 26.3 Å². The summed E-state index contributed by atoms with van der Waals surface area (Å²) in [6, 6.07) is 8.92. The van der Waals surface area contributed by atoms with Gasteiger partial charge in [-0.25, -0.2) is 4.79 Å². The highest BCUT2D eigenvalue weighted by atomic mass is 16.2. The van der Waals surface area contributed by atoms with Gasteiger partial charge < -0.3 is 14.7 Å². The molecule has 1 amide bonds. The average Bonchev–Trinajstić information content (AvgIpc) is 3.46. The van der Waals surface area contributed by atoms with Gasteiger partial charge in [0, 0.05) is 64.2 Å². The molecule has 0 spiro atoms. The van der Waals surface area contributed by atoms with Gasteiger partial charge in [0.1, 0.15) is 0 Å². The van der Waals surface area contributed by atoms with E-state index in [9.17, 15) is 4.79 Å². The third-order valence-electron chi connectivity index (χ3n) is 6.18. The molecule has 2 aliphatic rings. The van der Waals surface area contributed by atoms with Gasteiger partial charge in [-0.3, -0.25) is 4.90 Å². The molecule has 0 bridgehead atoms. The Balaban J connectivity index is 1.28. The highest BCUT2D eigenvalue weighted by Crippen LogP contribution is 2.21. The van der Waals surface area contributed by atoms with Gasteiger partial charge in [0.25, 0.3) is 0 Å². The van der Waals surface area contributed by atoms with Gasteiger partial charge in [-0.05, 0) is 37.5 Å². The summed E-state index contributed by atoms with van der Waals surface area (Å²) in [7, 11) is 1.92. The second-order valence-electron chi connectivity index (χ2n) is 8.34. The molecular formula is C23H32N6O. The molecule has 0 radical (unpaired) electrons. The maximum atomic E-state index is 12.8. The van der Waals surface area contributed by atoms with Gasteiger partial charge >= 0.3 is 6.03 Å². The minimum atomic E-state index is -0.0639. The summed E-state index contributed by atoms with van der Waals surface area (Å²) in [6.07, 6.45) is 6.07. The number of anilines is 2. The van der Waals surface area contributed by atoms with E-state index < -0.39 is 0 Å². The number of carbonyl (C=O) groups excluding carboxylic acids is 1. The van der Waals surface area contributed by atoms with Crippen LogP contribution in [-0.4, -0.2) is 71.9 Å². The highest BCUT2D eigenvalue weighted by Gasteiger charge is 2.23. The zero-order chi connectivity index (χ0) is 21.1. The van der Waals surface area contributed by atoms with Crippen LogP contribution in [0, 0.1) is 0 Å². The second kappa shape index (κ2) is 8.92. The lowest BCUT2D eigenvalue weighted by Crippen LogP contribution is -2.49. The van der Waals surface area contributed by atoms with E-state index in [0.29, 0.717) is 0 Å². The quantitative estimate of drug-likeness (QED) is 0.760. The Labute approximate surface area is 179 Å². The predicted molar refractivity (Wildman–Crippen MR) is 121 cm³/mol. The van der Waals surface area contributed by atoms with Crippen molar-refractivity contribution in [3.8, 4) is 0 Å². The first-order valence-corrected chi connectivity index (χ1v) is 10.8. The summed E-state index contributed by atoms with van der Waals surface area (Å²) in [5, 5.41) is 4.25. The van der Waals surface area contributed by atoms with Gasteiger partial charge in [0.15, 0.2) is 0 Å². The molecule has 7 heteroatoms. The standard InChI is InChI=1S/C23H32N6O/c1-19(2)25(3)22-16-24-29(18-22)23(30)28-14-12-26(13-15-28)17-20-6-8-21(9-7-20)27-10-4-5-11-27/h6-9,16,18H,1,4-5,10-15,17H2,2-3H3. The normalized spacial score (nSPS) is 17.4. The zero-order valence-corrected chi connectivity index (χ0v) is 18.1. The predicted octanol–water partition coefficient (Wildman–Crippen LogP) is 3.24. The van der Waals surface area contributed by atoms with Gasteiger partial charge in [-0.15, -0.1) is 0 Å². The lowest BCUT2D eigenvalue weighted by atomic mass is 10.1. The summed E-state index contributed by atoms with van der Waals surface area (Å²) in [5.74, 6) is 0. The number of benzene rings is 1. The monoisotopic (exact) mass is 408 g/mol. The minimum absolute atomic E-state index is 0.0639. The number of rotatable bonds is 5. The van der Waals surface area contributed by atoms with Crippen molar-refractivity contribution in [1.82, 2.24) is 19.6 Å². The molecule has 2 fully saturated rings. The summed E-state index contributed by atoms with van der Waals surface area (Å²) < 4.78 is 1.43. The Kier molecular flexibility index (Phi) is 6.08. The second-order valence-corrected chi connectivity index (χ2v) is 8.34. The van der Waals surface area contributed by atoms with Crippen LogP contribution in [0.5, 0.6) is 0 Å². The Morgan fingerprint density at radius 2 is 1.73 bits per heavy atom. The molecule has 0 atom stereocenters. The first-order chi connectivity index (χ1) is 14.5.